The predicted octanol–water partition coefficient (Wildman–Crippen LogP) is 2.55. The number of aliphatic hydroxyl groups is 1. The highest BCUT2D eigenvalue weighted by atomic mass is 35.5. The first-order valence-electron chi connectivity index (χ1n) is 9.44. The van der Waals surface area contributed by atoms with E-state index < -0.39 is 11.5 Å². The summed E-state index contributed by atoms with van der Waals surface area (Å²) in [5.41, 5.74) is 1.44. The molecule has 1 fully saturated rings. The molecule has 8 heteroatoms. The van der Waals surface area contributed by atoms with Gasteiger partial charge in [0.2, 0.25) is 5.91 Å². The second-order valence-corrected chi connectivity index (χ2v) is 7.81. The van der Waals surface area contributed by atoms with Gasteiger partial charge in [0.1, 0.15) is 12.7 Å². The van der Waals surface area contributed by atoms with Crippen LogP contribution in [-0.4, -0.2) is 52.1 Å². The molecule has 2 N–H and O–H groups in total. The van der Waals surface area contributed by atoms with E-state index in [0.717, 1.165) is 43.7 Å². The average Bonchev–Trinajstić information content (AvgIpc) is 2.95. The number of ether oxygens (including phenoxy) is 1. The van der Waals surface area contributed by atoms with E-state index in [1.165, 1.54) is 0 Å². The molecule has 0 saturated carbocycles. The maximum Gasteiger partial charge on any atom is 0.235 e. The summed E-state index contributed by atoms with van der Waals surface area (Å²) in [6.45, 7) is 4.54. The fourth-order valence-electron chi connectivity index (χ4n) is 3.95. The highest BCUT2D eigenvalue weighted by Crippen LogP contribution is 2.45. The summed E-state index contributed by atoms with van der Waals surface area (Å²) in [6, 6.07) is 5.61. The smallest absolute Gasteiger partial charge is 0.235 e. The molecule has 1 unspecified atom stereocenters. The molecule has 1 saturated heterocycles. The van der Waals surface area contributed by atoms with Gasteiger partial charge in [-0.2, -0.15) is 0 Å². The maximum atomic E-state index is 12.7. The summed E-state index contributed by atoms with van der Waals surface area (Å²) in [4.78, 5) is 23.1. The van der Waals surface area contributed by atoms with Gasteiger partial charge in [-0.1, -0.05) is 11.6 Å². The Morgan fingerprint density at radius 1 is 1.32 bits per heavy atom. The lowest BCUT2D eigenvalue weighted by molar-refractivity contribution is -0.122. The molecule has 1 atom stereocenters. The molecule has 1 spiro atoms. The number of aromatic nitrogens is 2. The molecule has 0 bridgehead atoms. The first-order valence-corrected chi connectivity index (χ1v) is 9.82. The van der Waals surface area contributed by atoms with Crippen LogP contribution in [0.5, 0.6) is 5.75 Å². The highest BCUT2D eigenvalue weighted by Gasteiger charge is 2.48. The average molecular weight is 403 g/mol. The van der Waals surface area contributed by atoms with Gasteiger partial charge in [-0.05, 0) is 56.6 Å². The van der Waals surface area contributed by atoms with Gasteiger partial charge in [0, 0.05) is 17.3 Å². The number of hydrogen-bond donors (Lipinski definition) is 2. The van der Waals surface area contributed by atoms with Crippen molar-refractivity contribution in [2.45, 2.75) is 31.3 Å². The van der Waals surface area contributed by atoms with Gasteiger partial charge in [-0.3, -0.25) is 9.69 Å². The monoisotopic (exact) mass is 402 g/mol. The second-order valence-electron chi connectivity index (χ2n) is 7.37. The number of rotatable bonds is 5. The summed E-state index contributed by atoms with van der Waals surface area (Å²) in [5.74, 6) is 1.04. The number of fused-ring (bicyclic) bond motifs is 2. The number of carbonyl (C=O) groups is 1. The van der Waals surface area contributed by atoms with Crippen LogP contribution in [0.3, 0.4) is 0 Å². The van der Waals surface area contributed by atoms with E-state index >= 15 is 0 Å². The van der Waals surface area contributed by atoms with Crippen LogP contribution in [0.15, 0.2) is 30.6 Å². The van der Waals surface area contributed by atoms with Gasteiger partial charge in [-0.15, -0.1) is 0 Å². The fourth-order valence-corrected chi connectivity index (χ4v) is 4.12. The number of piperidine rings is 1. The Bertz CT molecular complexity index is 864. The van der Waals surface area contributed by atoms with Crippen LogP contribution in [0.1, 0.15) is 37.3 Å². The van der Waals surface area contributed by atoms with Gasteiger partial charge < -0.3 is 15.2 Å². The minimum absolute atomic E-state index is 0.0796. The van der Waals surface area contributed by atoms with Crippen LogP contribution < -0.4 is 10.1 Å². The molecule has 1 aromatic carbocycles. The van der Waals surface area contributed by atoms with Crippen LogP contribution >= 0.6 is 11.6 Å². The van der Waals surface area contributed by atoms with Crippen molar-refractivity contribution in [3.63, 3.8) is 0 Å². The number of hydrogen-bond acceptors (Lipinski definition) is 6. The number of nitrogens with one attached hydrogen (secondary N) is 1. The number of amides is 1. The Morgan fingerprint density at radius 3 is 2.71 bits per heavy atom. The number of likely N-dealkylation sites (tertiary alicyclic amines) is 1. The van der Waals surface area contributed by atoms with Gasteiger partial charge >= 0.3 is 0 Å². The van der Waals surface area contributed by atoms with Gasteiger partial charge in [-0.25, -0.2) is 9.97 Å². The number of halogens is 1. The lowest BCUT2D eigenvalue weighted by Gasteiger charge is -2.37. The van der Waals surface area contributed by atoms with Crippen molar-refractivity contribution >= 4 is 23.2 Å². The molecule has 148 valence electrons. The fraction of sp³-hybridized carbons (Fsp3) is 0.450. The maximum absolute atomic E-state index is 12.7. The Balaban J connectivity index is 1.31. The zero-order valence-corrected chi connectivity index (χ0v) is 16.4. The highest BCUT2D eigenvalue weighted by molar-refractivity contribution is 6.31. The molecule has 1 amide bonds. The Labute approximate surface area is 168 Å². The predicted molar refractivity (Wildman–Crippen MR) is 106 cm³/mol. The normalized spacial score (nSPS) is 19.3. The zero-order chi connectivity index (χ0) is 19.7. The molecule has 3 heterocycles. The van der Waals surface area contributed by atoms with E-state index in [9.17, 15) is 9.90 Å². The van der Waals surface area contributed by atoms with Crippen LogP contribution in [0.25, 0.3) is 0 Å². The zero-order valence-electron chi connectivity index (χ0n) is 15.7. The molecule has 2 aliphatic heterocycles. The summed E-state index contributed by atoms with van der Waals surface area (Å²) in [6.07, 6.45) is 3.98. The molecule has 4 rings (SSSR count). The molecular weight excluding hydrogens is 380 g/mol. The summed E-state index contributed by atoms with van der Waals surface area (Å²) < 4.78 is 5.71. The quantitative estimate of drug-likeness (QED) is 0.799. The molecular formula is C20H23ClN4O3. The largest absolute Gasteiger partial charge is 0.489 e. The van der Waals surface area contributed by atoms with Gasteiger partial charge in [0.15, 0.2) is 11.6 Å². The van der Waals surface area contributed by atoms with Crippen LogP contribution in [-0.2, 0) is 10.2 Å². The minimum Gasteiger partial charge on any atom is -0.489 e. The van der Waals surface area contributed by atoms with Crippen LogP contribution in [0.4, 0.5) is 5.69 Å². The van der Waals surface area contributed by atoms with Crippen molar-refractivity contribution in [3.05, 3.63) is 47.0 Å². The number of carbonyl (C=O) groups excluding carboxylic acids is 1. The number of nitrogens with zero attached hydrogens (tertiary/aromatic N) is 3. The lowest BCUT2D eigenvalue weighted by atomic mass is 9.73. The Hall–Kier alpha value is -2.22. The van der Waals surface area contributed by atoms with E-state index in [4.69, 9.17) is 16.3 Å². The molecule has 2 aromatic rings. The molecule has 0 radical (unpaired) electrons. The SMILES string of the molecule is CC(O)c1ncc(OCCN2CCC3(CC2)C(=O)Nc2ccc(Cl)cc23)cn1. The first-order chi connectivity index (χ1) is 13.5. The molecule has 0 aliphatic carbocycles. The van der Waals surface area contributed by atoms with Crippen molar-refractivity contribution in [3.8, 4) is 5.75 Å². The molecule has 28 heavy (non-hydrogen) atoms. The van der Waals surface area contributed by atoms with E-state index in [1.54, 1.807) is 19.3 Å². The number of benzene rings is 1. The van der Waals surface area contributed by atoms with Crippen molar-refractivity contribution in [1.82, 2.24) is 14.9 Å². The van der Waals surface area contributed by atoms with E-state index in [-0.39, 0.29) is 5.91 Å². The third-order valence-electron chi connectivity index (χ3n) is 5.59. The molecule has 7 nitrogen and oxygen atoms in total. The Morgan fingerprint density at radius 2 is 2.04 bits per heavy atom. The third-order valence-corrected chi connectivity index (χ3v) is 5.82. The topological polar surface area (TPSA) is 87.6 Å². The van der Waals surface area contributed by atoms with Gasteiger partial charge in [0.05, 0.1) is 17.8 Å². The summed E-state index contributed by atoms with van der Waals surface area (Å²) in [5, 5.41) is 13.1. The van der Waals surface area contributed by atoms with Crippen LogP contribution in [0.2, 0.25) is 5.02 Å². The van der Waals surface area contributed by atoms with E-state index in [2.05, 4.69) is 20.2 Å². The third kappa shape index (κ3) is 3.57. The lowest BCUT2D eigenvalue weighted by Crippen LogP contribution is -2.47. The summed E-state index contributed by atoms with van der Waals surface area (Å²) in [7, 11) is 0. The second kappa shape index (κ2) is 7.66. The van der Waals surface area contributed by atoms with E-state index in [0.29, 0.717) is 23.2 Å². The number of anilines is 1. The van der Waals surface area contributed by atoms with E-state index in [1.807, 2.05) is 18.2 Å². The van der Waals surface area contributed by atoms with Crippen molar-refractivity contribution in [1.29, 1.82) is 0 Å². The summed E-state index contributed by atoms with van der Waals surface area (Å²) >= 11 is 6.17. The Kier molecular flexibility index (Phi) is 5.23. The van der Waals surface area contributed by atoms with Crippen molar-refractivity contribution < 1.29 is 14.6 Å². The van der Waals surface area contributed by atoms with Crippen molar-refractivity contribution in [2.75, 3.05) is 31.6 Å². The molecule has 2 aliphatic rings. The minimum atomic E-state index is -0.692. The first kappa shape index (κ1) is 19.1. The standard InChI is InChI=1S/C20H23ClN4O3/c1-13(26)18-22-11-15(12-23-18)28-9-8-25-6-4-20(5-7-25)16-10-14(21)2-3-17(16)24-19(20)27/h2-3,10-13,26H,4-9H2,1H3,(H,24,27). The van der Waals surface area contributed by atoms with Crippen LogP contribution in [0, 0.1) is 0 Å². The molecule has 1 aromatic heterocycles. The number of aliphatic hydroxyl groups excluding tert-OH is 1. The van der Waals surface area contributed by atoms with Gasteiger partial charge in [0.25, 0.3) is 0 Å². The van der Waals surface area contributed by atoms with Crippen molar-refractivity contribution in [2.24, 2.45) is 0 Å².